The van der Waals surface area contributed by atoms with Crippen molar-refractivity contribution in [2.45, 2.75) is 56.1 Å². The van der Waals surface area contributed by atoms with E-state index in [1.165, 1.54) is 0 Å². The zero-order valence-electron chi connectivity index (χ0n) is 14.6. The van der Waals surface area contributed by atoms with Gasteiger partial charge in [-0.25, -0.2) is 0 Å². The molecule has 13 heteroatoms. The van der Waals surface area contributed by atoms with Crippen LogP contribution in [0.1, 0.15) is 6.92 Å². The molecule has 1 fully saturated rings. The second-order valence-corrected chi connectivity index (χ2v) is 5.85. The minimum Gasteiger partial charge on any atom is -0.542 e. The fourth-order valence-electron chi connectivity index (χ4n) is 2.66. The van der Waals surface area contributed by atoms with E-state index in [0.717, 1.165) is 6.92 Å². The quantitative estimate of drug-likeness (QED) is 0.239. The molecule has 2 heterocycles. The summed E-state index contributed by atoms with van der Waals surface area (Å²) in [6.07, 6.45) is -10.5. The number of nitrogens with one attached hydrogen (secondary N) is 1. The first-order valence-electron chi connectivity index (χ1n) is 7.66. The van der Waals surface area contributed by atoms with E-state index in [0.29, 0.717) is 6.08 Å². The van der Waals surface area contributed by atoms with Crippen LogP contribution in [0.4, 0.5) is 0 Å². The van der Waals surface area contributed by atoms with Crippen molar-refractivity contribution in [3.05, 3.63) is 11.8 Å². The Morgan fingerprint density at radius 2 is 1.89 bits per heavy atom. The summed E-state index contributed by atoms with van der Waals surface area (Å²) in [7, 11) is 0. The maximum Gasteiger partial charge on any atom is 1.00 e. The van der Waals surface area contributed by atoms with Gasteiger partial charge in [-0.1, -0.05) is 0 Å². The number of carbonyl (C=O) groups excluding carboxylic acids is 2. The molecule has 0 aromatic rings. The first kappa shape index (κ1) is 24.2. The summed E-state index contributed by atoms with van der Waals surface area (Å²) in [6.45, 7) is 0.423. The normalized spacial score (nSPS) is 38.8. The third-order valence-corrected chi connectivity index (χ3v) is 3.93. The molecule has 2 rings (SSSR count). The Kier molecular flexibility index (Phi) is 9.08. The molecule has 2 aliphatic heterocycles. The van der Waals surface area contributed by atoms with Gasteiger partial charge in [-0.15, -0.1) is 0 Å². The van der Waals surface area contributed by atoms with Crippen molar-refractivity contribution < 1.29 is 84.0 Å². The molecule has 0 aromatic heterocycles. The van der Waals surface area contributed by atoms with E-state index in [4.69, 9.17) is 14.2 Å². The molecular formula is C14H20NNaO11. The largest absolute Gasteiger partial charge is 1.00 e. The second kappa shape index (κ2) is 10.1. The molecule has 148 valence electrons. The van der Waals surface area contributed by atoms with Gasteiger partial charge in [0.2, 0.25) is 12.2 Å². The zero-order chi connectivity index (χ0) is 19.6. The van der Waals surface area contributed by atoms with Crippen molar-refractivity contribution in [3.63, 3.8) is 0 Å². The molecule has 0 spiro atoms. The van der Waals surface area contributed by atoms with Gasteiger partial charge in [0.1, 0.15) is 48.3 Å². The van der Waals surface area contributed by atoms with Crippen molar-refractivity contribution in [3.8, 4) is 0 Å². The number of hydrogen-bond donors (Lipinski definition) is 6. The topological polar surface area (TPSA) is 198 Å². The number of carbonyl (C=O) groups is 2. The average molecular weight is 401 g/mol. The number of aliphatic hydroxyl groups is 5. The van der Waals surface area contributed by atoms with Gasteiger partial charge in [0, 0.05) is 6.92 Å². The molecule has 0 aromatic carbocycles. The standard InChI is InChI=1S/C14H21NO11.Na/c1-4(17)15-8-11(10(20)7(3-16)24-13(8)23)26-14-9(19)5(18)2-6(25-14)12(21)22;/h2,5,7-11,13-14,16,18-20,23H,3H2,1H3,(H,15,17)(H,21,22);/q;+1/p-1/t5-,7+,8+,9+,10-,11+,13?,14-;/m0./s1. The molecule has 1 amide bonds. The van der Waals surface area contributed by atoms with Crippen LogP contribution in [0.5, 0.6) is 0 Å². The predicted octanol–water partition coefficient (Wildman–Crippen LogP) is -8.34. The van der Waals surface area contributed by atoms with Crippen LogP contribution < -0.4 is 40.0 Å². The maximum atomic E-state index is 11.3. The van der Waals surface area contributed by atoms with Crippen molar-refractivity contribution >= 4 is 11.9 Å². The number of rotatable bonds is 5. The number of aliphatic carboxylic acids is 1. The number of carboxylic acids is 1. The number of aliphatic hydroxyl groups excluding tert-OH is 5. The van der Waals surface area contributed by atoms with Gasteiger partial charge in [-0.2, -0.15) is 0 Å². The molecule has 6 N–H and O–H groups in total. The van der Waals surface area contributed by atoms with Crippen LogP contribution in [0.2, 0.25) is 0 Å². The van der Waals surface area contributed by atoms with Crippen LogP contribution in [0.25, 0.3) is 0 Å². The van der Waals surface area contributed by atoms with Crippen LogP contribution in [0, 0.1) is 0 Å². The number of ether oxygens (including phenoxy) is 3. The van der Waals surface area contributed by atoms with Gasteiger partial charge in [-0.3, -0.25) is 4.79 Å². The van der Waals surface area contributed by atoms with E-state index in [-0.39, 0.29) is 29.6 Å². The summed E-state index contributed by atoms with van der Waals surface area (Å²) >= 11 is 0. The SMILES string of the molecule is CC(=O)N[C@H]1C(O)O[C@H](CO)[C@H](O)[C@@H]1O[C@@H]1OC(C(=O)[O-])=C[C@H](O)[C@H]1O.[Na+]. The minimum atomic E-state index is -1.77. The Bertz CT molecular complexity index is 573. The Morgan fingerprint density at radius 3 is 2.41 bits per heavy atom. The van der Waals surface area contributed by atoms with Crippen LogP contribution in [0.15, 0.2) is 11.8 Å². The summed E-state index contributed by atoms with van der Waals surface area (Å²) in [5.41, 5.74) is 0. The van der Waals surface area contributed by atoms with Gasteiger partial charge >= 0.3 is 29.6 Å². The molecule has 1 saturated heterocycles. The number of hydrogen-bond acceptors (Lipinski definition) is 11. The minimum absolute atomic E-state index is 0. The molecule has 0 saturated carbocycles. The van der Waals surface area contributed by atoms with Gasteiger partial charge in [0.15, 0.2) is 6.29 Å². The van der Waals surface area contributed by atoms with Gasteiger partial charge in [0.25, 0.3) is 0 Å². The Morgan fingerprint density at radius 1 is 1.26 bits per heavy atom. The van der Waals surface area contributed by atoms with Gasteiger partial charge in [-0.05, 0) is 6.08 Å². The zero-order valence-corrected chi connectivity index (χ0v) is 16.6. The molecule has 0 aliphatic carbocycles. The van der Waals surface area contributed by atoms with Crippen molar-refractivity contribution in [1.29, 1.82) is 0 Å². The van der Waals surface area contributed by atoms with E-state index in [1.54, 1.807) is 0 Å². The molecule has 1 unspecified atom stereocenters. The fraction of sp³-hybridized carbons (Fsp3) is 0.714. The van der Waals surface area contributed by atoms with Crippen LogP contribution in [-0.4, -0.2) is 93.2 Å². The smallest absolute Gasteiger partial charge is 0.542 e. The Hall–Kier alpha value is -0.800. The van der Waals surface area contributed by atoms with Crippen molar-refractivity contribution in [2.75, 3.05) is 6.61 Å². The van der Waals surface area contributed by atoms with E-state index in [1.807, 2.05) is 0 Å². The van der Waals surface area contributed by atoms with Crippen LogP contribution >= 0.6 is 0 Å². The first-order chi connectivity index (χ1) is 12.1. The van der Waals surface area contributed by atoms with Crippen LogP contribution in [-0.2, 0) is 23.8 Å². The van der Waals surface area contributed by atoms with E-state index < -0.39 is 73.4 Å². The molecule has 0 radical (unpaired) electrons. The average Bonchev–Trinajstić information content (AvgIpc) is 2.56. The summed E-state index contributed by atoms with van der Waals surface area (Å²) in [4.78, 5) is 22.2. The summed E-state index contributed by atoms with van der Waals surface area (Å²) in [5, 5.41) is 62.3. The molecular weight excluding hydrogens is 381 g/mol. The van der Waals surface area contributed by atoms with Crippen molar-refractivity contribution in [2.24, 2.45) is 0 Å². The monoisotopic (exact) mass is 401 g/mol. The van der Waals surface area contributed by atoms with Gasteiger partial charge in [0.05, 0.1) is 6.61 Å². The fourth-order valence-corrected chi connectivity index (χ4v) is 2.66. The molecule has 8 atom stereocenters. The summed E-state index contributed by atoms with van der Waals surface area (Å²) < 4.78 is 15.2. The van der Waals surface area contributed by atoms with E-state index in [2.05, 4.69) is 5.32 Å². The van der Waals surface area contributed by atoms with E-state index >= 15 is 0 Å². The van der Waals surface area contributed by atoms with Crippen molar-refractivity contribution in [1.82, 2.24) is 5.32 Å². The van der Waals surface area contributed by atoms with E-state index in [9.17, 15) is 40.2 Å². The maximum absolute atomic E-state index is 11.3. The molecule has 0 bridgehead atoms. The summed E-state index contributed by atoms with van der Waals surface area (Å²) in [6, 6.07) is -1.34. The second-order valence-electron chi connectivity index (χ2n) is 5.85. The van der Waals surface area contributed by atoms with Gasteiger partial charge < -0.3 is 55.0 Å². The molecule has 2 aliphatic rings. The first-order valence-corrected chi connectivity index (χ1v) is 7.66. The Labute approximate surface area is 175 Å². The predicted molar refractivity (Wildman–Crippen MR) is 76.4 cm³/mol. The van der Waals surface area contributed by atoms with Crippen LogP contribution in [0.3, 0.4) is 0 Å². The molecule has 12 nitrogen and oxygen atoms in total. The Balaban J connectivity index is 0.00000364. The third kappa shape index (κ3) is 5.60. The summed E-state index contributed by atoms with van der Waals surface area (Å²) in [5.74, 6) is -3.19. The molecule has 27 heavy (non-hydrogen) atoms. The number of amides is 1. The third-order valence-electron chi connectivity index (χ3n) is 3.93. The number of carboxylic acid groups (broad SMARTS) is 1.